The molecule has 1 rings (SSSR count). The van der Waals surface area contributed by atoms with Crippen LogP contribution in [0.3, 0.4) is 0 Å². The Kier molecular flexibility index (Phi) is 6.67. The van der Waals surface area contributed by atoms with Gasteiger partial charge in [-0.05, 0) is 25.2 Å². The number of hydrogen-bond acceptors (Lipinski definition) is 4. The smallest absolute Gasteiger partial charge is 0.426 e. The molecule has 0 radical (unpaired) electrons. The molecule has 0 spiro atoms. The van der Waals surface area contributed by atoms with Gasteiger partial charge in [-0.1, -0.05) is 32.6 Å². The van der Waals surface area contributed by atoms with E-state index < -0.39 is 19.1 Å². The lowest BCUT2D eigenvalue weighted by Gasteiger charge is -2.28. The van der Waals surface area contributed by atoms with Gasteiger partial charge in [0.25, 0.3) is 0 Å². The molecule has 0 aromatic heterocycles. The van der Waals surface area contributed by atoms with Crippen molar-refractivity contribution >= 4 is 13.0 Å². The van der Waals surface area contributed by atoms with Gasteiger partial charge in [0.15, 0.2) is 0 Å². The summed E-state index contributed by atoms with van der Waals surface area (Å²) in [5.74, 6) is -0.637. The van der Waals surface area contributed by atoms with Crippen molar-refractivity contribution in [3.05, 3.63) is 0 Å². The van der Waals surface area contributed by atoms with Crippen molar-refractivity contribution in [2.24, 2.45) is 11.7 Å². The second kappa shape index (κ2) is 7.76. The Bertz CT molecular complexity index is 258. The zero-order chi connectivity index (χ0) is 13.5. The number of hydrogen-bond donors (Lipinski definition) is 4. The van der Waals surface area contributed by atoms with E-state index in [1.165, 1.54) is 6.42 Å². The fourth-order valence-electron chi connectivity index (χ4n) is 2.59. The van der Waals surface area contributed by atoms with E-state index in [2.05, 4.69) is 5.32 Å². The molecule has 5 N–H and O–H groups in total. The van der Waals surface area contributed by atoms with E-state index in [0.717, 1.165) is 32.1 Å². The van der Waals surface area contributed by atoms with Crippen molar-refractivity contribution in [1.29, 1.82) is 0 Å². The molecule has 0 aliphatic heterocycles. The lowest BCUT2D eigenvalue weighted by Crippen LogP contribution is -2.53. The predicted octanol–water partition coefficient (Wildman–Crippen LogP) is 0.191. The SMILES string of the molecule is CCC[C@H](NC(=O)[C@@H](N)C1CCCCC1)B(O)O. The van der Waals surface area contributed by atoms with Gasteiger partial charge in [0, 0.05) is 0 Å². The van der Waals surface area contributed by atoms with E-state index in [1.54, 1.807) is 0 Å². The van der Waals surface area contributed by atoms with Gasteiger partial charge >= 0.3 is 7.12 Å². The summed E-state index contributed by atoms with van der Waals surface area (Å²) in [6.45, 7) is 1.93. The largest absolute Gasteiger partial charge is 0.475 e. The first-order valence-electron chi connectivity index (χ1n) is 6.98. The predicted molar refractivity (Wildman–Crippen MR) is 71.6 cm³/mol. The fourth-order valence-corrected chi connectivity index (χ4v) is 2.59. The molecule has 1 amide bonds. The van der Waals surface area contributed by atoms with E-state index in [4.69, 9.17) is 5.73 Å². The Balaban J connectivity index is 2.46. The molecule has 0 aromatic carbocycles. The molecule has 5 nitrogen and oxygen atoms in total. The first-order valence-corrected chi connectivity index (χ1v) is 6.98. The molecular formula is C12H25BN2O3. The van der Waals surface area contributed by atoms with Gasteiger partial charge in [-0.3, -0.25) is 4.79 Å². The highest BCUT2D eigenvalue weighted by atomic mass is 16.4. The number of amides is 1. The summed E-state index contributed by atoms with van der Waals surface area (Å²) in [6, 6.07) is -0.525. The van der Waals surface area contributed by atoms with Gasteiger partial charge in [-0.15, -0.1) is 0 Å². The number of nitrogens with two attached hydrogens (primary N) is 1. The Hall–Kier alpha value is -0.585. The quantitative estimate of drug-likeness (QED) is 0.510. The molecule has 1 aliphatic rings. The minimum Gasteiger partial charge on any atom is -0.426 e. The monoisotopic (exact) mass is 256 g/mol. The second-order valence-electron chi connectivity index (χ2n) is 5.24. The van der Waals surface area contributed by atoms with Gasteiger partial charge in [0.2, 0.25) is 5.91 Å². The van der Waals surface area contributed by atoms with Crippen LogP contribution < -0.4 is 11.1 Å². The Labute approximate surface area is 109 Å². The zero-order valence-electron chi connectivity index (χ0n) is 11.1. The maximum atomic E-state index is 12.0. The molecule has 18 heavy (non-hydrogen) atoms. The number of nitrogens with one attached hydrogen (secondary N) is 1. The van der Waals surface area contributed by atoms with Gasteiger partial charge in [-0.2, -0.15) is 0 Å². The van der Waals surface area contributed by atoms with Crippen LogP contribution in [0, 0.1) is 5.92 Å². The van der Waals surface area contributed by atoms with Crippen LogP contribution in [0.25, 0.3) is 0 Å². The third-order valence-electron chi connectivity index (χ3n) is 3.75. The third kappa shape index (κ3) is 4.59. The van der Waals surface area contributed by atoms with Gasteiger partial charge in [0.1, 0.15) is 0 Å². The van der Waals surface area contributed by atoms with Crippen LogP contribution in [0.2, 0.25) is 0 Å². The minimum absolute atomic E-state index is 0.233. The fraction of sp³-hybridized carbons (Fsp3) is 0.917. The molecule has 0 aromatic rings. The summed E-state index contributed by atoms with van der Waals surface area (Å²) in [5.41, 5.74) is 5.96. The first kappa shape index (κ1) is 15.5. The highest BCUT2D eigenvalue weighted by Gasteiger charge is 2.30. The van der Waals surface area contributed by atoms with Crippen molar-refractivity contribution in [1.82, 2.24) is 5.32 Å². The van der Waals surface area contributed by atoms with Crippen LogP contribution in [0.4, 0.5) is 0 Å². The Morgan fingerprint density at radius 3 is 2.50 bits per heavy atom. The number of carbonyl (C=O) groups excluding carboxylic acids is 1. The normalized spacial score (nSPS) is 20.2. The molecule has 2 atom stereocenters. The average molecular weight is 256 g/mol. The van der Waals surface area contributed by atoms with Crippen LogP contribution in [0.1, 0.15) is 51.9 Å². The van der Waals surface area contributed by atoms with Crippen molar-refractivity contribution < 1.29 is 14.8 Å². The lowest BCUT2D eigenvalue weighted by atomic mass is 9.76. The average Bonchev–Trinajstić information content (AvgIpc) is 2.38. The van der Waals surface area contributed by atoms with Crippen LogP contribution in [-0.2, 0) is 4.79 Å². The maximum absolute atomic E-state index is 12.0. The molecule has 1 saturated carbocycles. The summed E-state index contributed by atoms with van der Waals surface area (Å²) in [7, 11) is -1.52. The van der Waals surface area contributed by atoms with Crippen molar-refractivity contribution in [2.45, 2.75) is 63.9 Å². The summed E-state index contributed by atoms with van der Waals surface area (Å²) in [5, 5.41) is 21.0. The lowest BCUT2D eigenvalue weighted by molar-refractivity contribution is -0.124. The molecule has 0 saturated heterocycles. The Morgan fingerprint density at radius 2 is 2.00 bits per heavy atom. The van der Waals surface area contributed by atoms with Gasteiger partial charge < -0.3 is 21.1 Å². The zero-order valence-corrected chi connectivity index (χ0v) is 11.1. The maximum Gasteiger partial charge on any atom is 0.475 e. The van der Waals surface area contributed by atoms with Crippen molar-refractivity contribution in [3.8, 4) is 0 Å². The minimum atomic E-state index is -1.52. The third-order valence-corrected chi connectivity index (χ3v) is 3.75. The molecule has 1 fully saturated rings. The Morgan fingerprint density at radius 1 is 1.39 bits per heavy atom. The standard InChI is InChI=1S/C12H25BN2O3/c1-2-6-10(13(17)18)15-12(16)11(14)9-7-4-3-5-8-9/h9-11,17-18H,2-8,14H2,1H3,(H,15,16)/t10-,11-/m0/s1. The topological polar surface area (TPSA) is 95.6 Å². The summed E-state index contributed by atoms with van der Waals surface area (Å²) in [6.07, 6.45) is 6.80. The highest BCUT2D eigenvalue weighted by molar-refractivity contribution is 6.43. The molecule has 0 heterocycles. The van der Waals surface area contributed by atoms with Crippen LogP contribution in [-0.4, -0.2) is 35.1 Å². The van der Waals surface area contributed by atoms with Crippen LogP contribution in [0.5, 0.6) is 0 Å². The van der Waals surface area contributed by atoms with Crippen molar-refractivity contribution in [2.75, 3.05) is 0 Å². The van der Waals surface area contributed by atoms with Crippen LogP contribution in [0.15, 0.2) is 0 Å². The summed E-state index contributed by atoms with van der Waals surface area (Å²) >= 11 is 0. The molecule has 0 bridgehead atoms. The second-order valence-corrected chi connectivity index (χ2v) is 5.24. The van der Waals surface area contributed by atoms with E-state index >= 15 is 0 Å². The van der Waals surface area contributed by atoms with E-state index in [9.17, 15) is 14.8 Å². The summed E-state index contributed by atoms with van der Waals surface area (Å²) < 4.78 is 0. The van der Waals surface area contributed by atoms with E-state index in [1.807, 2.05) is 6.92 Å². The molecule has 6 heteroatoms. The van der Waals surface area contributed by atoms with Gasteiger partial charge in [-0.25, -0.2) is 0 Å². The van der Waals surface area contributed by atoms with Crippen molar-refractivity contribution in [3.63, 3.8) is 0 Å². The molecule has 104 valence electrons. The van der Waals surface area contributed by atoms with E-state index in [0.29, 0.717) is 6.42 Å². The molecule has 0 unspecified atom stereocenters. The first-order chi connectivity index (χ1) is 8.56. The molecule has 1 aliphatic carbocycles. The van der Waals surface area contributed by atoms with Gasteiger partial charge in [0.05, 0.1) is 12.0 Å². The van der Waals surface area contributed by atoms with E-state index in [-0.39, 0.29) is 11.8 Å². The number of rotatable bonds is 6. The van der Waals surface area contributed by atoms with Crippen LogP contribution >= 0.6 is 0 Å². The molecular weight excluding hydrogens is 231 g/mol. The summed E-state index contributed by atoms with van der Waals surface area (Å²) in [4.78, 5) is 12.0. The highest BCUT2D eigenvalue weighted by Crippen LogP contribution is 2.25. The number of carbonyl (C=O) groups is 1.